The summed E-state index contributed by atoms with van der Waals surface area (Å²) in [5, 5.41) is 4.33. The van der Waals surface area contributed by atoms with Crippen LogP contribution in [0.25, 0.3) is 0 Å². The minimum atomic E-state index is -0.396. The van der Waals surface area contributed by atoms with E-state index in [9.17, 15) is 4.79 Å². The number of halogens is 2. The highest BCUT2D eigenvalue weighted by Crippen LogP contribution is 2.32. The Morgan fingerprint density at radius 1 is 1.18 bits per heavy atom. The van der Waals surface area contributed by atoms with Gasteiger partial charge in [0.2, 0.25) is 0 Å². The standard InChI is InChI=1S/C20H22BrClN2O4/c1-12(2)13-5-6-17(15(21)7-13)28-11-20(25)24-23-10-14-8-18(26-3)19(27-4)9-16(14)22/h5-10,12H,11H2,1-4H3,(H,24,25)/b23-10+. The molecule has 0 atom stereocenters. The van der Waals surface area contributed by atoms with Crippen molar-refractivity contribution in [3.05, 3.63) is 51.0 Å². The maximum atomic E-state index is 12.0. The lowest BCUT2D eigenvalue weighted by Crippen LogP contribution is -2.24. The molecule has 0 fully saturated rings. The Balaban J connectivity index is 1.94. The molecule has 6 nitrogen and oxygen atoms in total. The zero-order valence-corrected chi connectivity index (χ0v) is 18.4. The molecule has 0 radical (unpaired) electrons. The number of amides is 1. The van der Waals surface area contributed by atoms with E-state index in [1.165, 1.54) is 26.0 Å². The Hall–Kier alpha value is -2.25. The SMILES string of the molecule is COc1cc(Cl)c(/C=N/NC(=O)COc2ccc(C(C)C)cc2Br)cc1OC. The lowest BCUT2D eigenvalue weighted by atomic mass is 10.0. The number of rotatable bonds is 8. The predicted molar refractivity (Wildman–Crippen MR) is 114 cm³/mol. The van der Waals surface area contributed by atoms with Crippen LogP contribution >= 0.6 is 27.5 Å². The quantitative estimate of drug-likeness (QED) is 0.446. The smallest absolute Gasteiger partial charge is 0.277 e. The fourth-order valence-corrected chi connectivity index (χ4v) is 3.02. The van der Waals surface area contributed by atoms with Crippen molar-refractivity contribution in [2.75, 3.05) is 20.8 Å². The molecule has 0 unspecified atom stereocenters. The van der Waals surface area contributed by atoms with Crippen LogP contribution in [0.4, 0.5) is 0 Å². The third kappa shape index (κ3) is 5.87. The van der Waals surface area contributed by atoms with Crippen molar-refractivity contribution in [1.29, 1.82) is 0 Å². The Labute approximate surface area is 177 Å². The number of nitrogens with one attached hydrogen (secondary N) is 1. The number of methoxy groups -OCH3 is 2. The Morgan fingerprint density at radius 2 is 1.86 bits per heavy atom. The van der Waals surface area contributed by atoms with E-state index in [1.54, 1.807) is 12.1 Å². The summed E-state index contributed by atoms with van der Waals surface area (Å²) in [4.78, 5) is 12.0. The third-order valence-electron chi connectivity index (χ3n) is 3.88. The van der Waals surface area contributed by atoms with Gasteiger partial charge in [-0.2, -0.15) is 5.10 Å². The average Bonchev–Trinajstić information content (AvgIpc) is 2.67. The molecular formula is C20H22BrClN2O4. The zero-order valence-electron chi connectivity index (χ0n) is 16.1. The Morgan fingerprint density at radius 3 is 2.46 bits per heavy atom. The molecule has 2 aromatic carbocycles. The predicted octanol–water partition coefficient (Wildman–Crippen LogP) is 4.77. The second-order valence-electron chi connectivity index (χ2n) is 6.16. The molecule has 1 amide bonds. The van der Waals surface area contributed by atoms with Crippen molar-refractivity contribution in [2.45, 2.75) is 19.8 Å². The zero-order chi connectivity index (χ0) is 20.7. The normalized spacial score (nSPS) is 11.0. The fourth-order valence-electron chi connectivity index (χ4n) is 2.31. The van der Waals surface area contributed by atoms with Gasteiger partial charge in [-0.3, -0.25) is 4.79 Å². The van der Waals surface area contributed by atoms with E-state index < -0.39 is 5.91 Å². The lowest BCUT2D eigenvalue weighted by molar-refractivity contribution is -0.123. The summed E-state index contributed by atoms with van der Waals surface area (Å²) in [6.07, 6.45) is 1.43. The van der Waals surface area contributed by atoms with Crippen molar-refractivity contribution in [3.63, 3.8) is 0 Å². The molecule has 28 heavy (non-hydrogen) atoms. The molecule has 0 heterocycles. The van der Waals surface area contributed by atoms with Gasteiger partial charge in [0.1, 0.15) is 5.75 Å². The summed E-state index contributed by atoms with van der Waals surface area (Å²) in [6.45, 7) is 4.05. The minimum absolute atomic E-state index is 0.170. The summed E-state index contributed by atoms with van der Waals surface area (Å²) in [5.74, 6) is 1.62. The molecule has 2 rings (SSSR count). The first-order chi connectivity index (χ1) is 13.3. The molecule has 0 saturated heterocycles. The van der Waals surface area contributed by atoms with Crippen LogP contribution in [-0.2, 0) is 4.79 Å². The molecular weight excluding hydrogens is 448 g/mol. The van der Waals surface area contributed by atoms with Gasteiger partial charge in [0.25, 0.3) is 5.91 Å². The number of carbonyl (C=O) groups excluding carboxylic acids is 1. The molecule has 2 aromatic rings. The van der Waals surface area contributed by atoms with Gasteiger partial charge in [-0.25, -0.2) is 5.43 Å². The molecule has 0 spiro atoms. The summed E-state index contributed by atoms with van der Waals surface area (Å²) in [6, 6.07) is 9.07. The first-order valence-electron chi connectivity index (χ1n) is 8.51. The first kappa shape index (κ1) is 22.0. The highest BCUT2D eigenvalue weighted by molar-refractivity contribution is 9.10. The number of carbonyl (C=O) groups is 1. The molecule has 0 aliphatic carbocycles. The molecule has 0 saturated carbocycles. The van der Waals surface area contributed by atoms with Crippen LogP contribution < -0.4 is 19.6 Å². The monoisotopic (exact) mass is 468 g/mol. The van der Waals surface area contributed by atoms with Crippen molar-refractivity contribution < 1.29 is 19.0 Å². The van der Waals surface area contributed by atoms with Gasteiger partial charge in [-0.15, -0.1) is 0 Å². The van der Waals surface area contributed by atoms with E-state index in [0.29, 0.717) is 33.8 Å². The second-order valence-corrected chi connectivity index (χ2v) is 7.42. The number of hydrazone groups is 1. The maximum Gasteiger partial charge on any atom is 0.277 e. The van der Waals surface area contributed by atoms with Crippen LogP contribution in [0.1, 0.15) is 30.9 Å². The van der Waals surface area contributed by atoms with Crippen molar-refractivity contribution >= 4 is 39.7 Å². The fraction of sp³-hybridized carbons (Fsp3) is 0.300. The van der Waals surface area contributed by atoms with Crippen LogP contribution in [0, 0.1) is 0 Å². The van der Waals surface area contributed by atoms with Crippen LogP contribution in [0.15, 0.2) is 39.9 Å². The van der Waals surface area contributed by atoms with Gasteiger partial charge < -0.3 is 14.2 Å². The molecule has 0 aliphatic rings. The van der Waals surface area contributed by atoms with Gasteiger partial charge in [0.05, 0.1) is 29.9 Å². The van der Waals surface area contributed by atoms with E-state index in [1.807, 2.05) is 18.2 Å². The van der Waals surface area contributed by atoms with Gasteiger partial charge in [0, 0.05) is 11.6 Å². The lowest BCUT2D eigenvalue weighted by Gasteiger charge is -2.11. The van der Waals surface area contributed by atoms with Gasteiger partial charge in [0.15, 0.2) is 18.1 Å². The molecule has 1 N–H and O–H groups in total. The van der Waals surface area contributed by atoms with E-state index in [4.69, 9.17) is 25.8 Å². The third-order valence-corrected chi connectivity index (χ3v) is 4.82. The molecule has 0 bridgehead atoms. The van der Waals surface area contributed by atoms with E-state index in [-0.39, 0.29) is 6.61 Å². The number of benzene rings is 2. The minimum Gasteiger partial charge on any atom is -0.493 e. The number of hydrogen-bond acceptors (Lipinski definition) is 5. The van der Waals surface area contributed by atoms with E-state index in [0.717, 1.165) is 4.47 Å². The van der Waals surface area contributed by atoms with Crippen LogP contribution in [0.3, 0.4) is 0 Å². The van der Waals surface area contributed by atoms with Gasteiger partial charge in [-0.1, -0.05) is 31.5 Å². The maximum absolute atomic E-state index is 12.0. The van der Waals surface area contributed by atoms with Gasteiger partial charge in [-0.05, 0) is 45.6 Å². The van der Waals surface area contributed by atoms with Crippen LogP contribution in [0.5, 0.6) is 17.2 Å². The number of ether oxygens (including phenoxy) is 3. The molecule has 8 heteroatoms. The molecule has 150 valence electrons. The second kappa shape index (κ2) is 10.3. The molecule has 0 aliphatic heterocycles. The van der Waals surface area contributed by atoms with Crippen molar-refractivity contribution in [2.24, 2.45) is 5.10 Å². The van der Waals surface area contributed by atoms with Crippen molar-refractivity contribution in [1.82, 2.24) is 5.43 Å². The number of nitrogens with zero attached hydrogens (tertiary/aromatic N) is 1. The highest BCUT2D eigenvalue weighted by atomic mass is 79.9. The van der Waals surface area contributed by atoms with E-state index >= 15 is 0 Å². The molecule has 0 aromatic heterocycles. The van der Waals surface area contributed by atoms with Crippen molar-refractivity contribution in [3.8, 4) is 17.2 Å². The largest absolute Gasteiger partial charge is 0.493 e. The number of hydrogen-bond donors (Lipinski definition) is 1. The average molecular weight is 470 g/mol. The summed E-state index contributed by atoms with van der Waals surface area (Å²) >= 11 is 9.64. The first-order valence-corrected chi connectivity index (χ1v) is 9.68. The summed E-state index contributed by atoms with van der Waals surface area (Å²) in [7, 11) is 3.05. The summed E-state index contributed by atoms with van der Waals surface area (Å²) in [5.41, 5.74) is 4.16. The van der Waals surface area contributed by atoms with E-state index in [2.05, 4.69) is 40.3 Å². The van der Waals surface area contributed by atoms with Gasteiger partial charge >= 0.3 is 0 Å². The summed E-state index contributed by atoms with van der Waals surface area (Å²) < 4.78 is 16.7. The highest BCUT2D eigenvalue weighted by Gasteiger charge is 2.10. The Bertz CT molecular complexity index is 872. The Kier molecular flexibility index (Phi) is 8.14. The van der Waals surface area contributed by atoms with Crippen LogP contribution in [0.2, 0.25) is 5.02 Å². The topological polar surface area (TPSA) is 69.2 Å². The van der Waals surface area contributed by atoms with Crippen LogP contribution in [-0.4, -0.2) is 32.9 Å².